The number of aromatic amines is 1. The molecule has 1 heterocycles. The van der Waals surface area contributed by atoms with E-state index in [4.69, 9.17) is 9.47 Å². The van der Waals surface area contributed by atoms with E-state index in [0.29, 0.717) is 19.8 Å². The van der Waals surface area contributed by atoms with Crippen LogP contribution in [0.2, 0.25) is 0 Å². The summed E-state index contributed by atoms with van der Waals surface area (Å²) in [5.41, 5.74) is -0.0245. The molecular formula is C13H20N2O4. The van der Waals surface area contributed by atoms with Gasteiger partial charge < -0.3 is 19.4 Å². The summed E-state index contributed by atoms with van der Waals surface area (Å²) in [6.45, 7) is 3.18. The van der Waals surface area contributed by atoms with E-state index in [1.54, 1.807) is 31.3 Å². The SMILES string of the molecule is COCCN(C(=O)c1cccc(=O)[nH]1)C(C)COC. The van der Waals surface area contributed by atoms with Crippen molar-refractivity contribution in [3.05, 3.63) is 34.2 Å². The van der Waals surface area contributed by atoms with Gasteiger partial charge in [0.15, 0.2) is 0 Å². The zero-order valence-corrected chi connectivity index (χ0v) is 11.5. The third-order valence-electron chi connectivity index (χ3n) is 2.74. The molecule has 0 spiro atoms. The van der Waals surface area contributed by atoms with Crippen molar-refractivity contribution < 1.29 is 14.3 Å². The van der Waals surface area contributed by atoms with E-state index in [1.165, 1.54) is 6.07 Å². The number of carbonyl (C=O) groups is 1. The van der Waals surface area contributed by atoms with Gasteiger partial charge in [0.1, 0.15) is 5.69 Å². The number of nitrogens with one attached hydrogen (secondary N) is 1. The summed E-state index contributed by atoms with van der Waals surface area (Å²) in [4.78, 5) is 27.8. The van der Waals surface area contributed by atoms with E-state index in [2.05, 4.69) is 4.98 Å². The highest BCUT2D eigenvalue weighted by Gasteiger charge is 2.21. The highest BCUT2D eigenvalue weighted by molar-refractivity contribution is 5.92. The van der Waals surface area contributed by atoms with Crippen molar-refractivity contribution in [1.82, 2.24) is 9.88 Å². The van der Waals surface area contributed by atoms with Gasteiger partial charge in [-0.2, -0.15) is 0 Å². The van der Waals surface area contributed by atoms with Gasteiger partial charge in [-0.1, -0.05) is 6.07 Å². The Hall–Kier alpha value is -1.66. The first kappa shape index (κ1) is 15.4. The number of hydrogen-bond donors (Lipinski definition) is 1. The quantitative estimate of drug-likeness (QED) is 0.781. The molecule has 1 aromatic rings. The van der Waals surface area contributed by atoms with Crippen LogP contribution in [0, 0.1) is 0 Å². The first-order valence-electron chi connectivity index (χ1n) is 6.08. The number of methoxy groups -OCH3 is 2. The highest BCUT2D eigenvalue weighted by Crippen LogP contribution is 2.06. The number of ether oxygens (including phenoxy) is 2. The Balaban J connectivity index is 2.89. The lowest BCUT2D eigenvalue weighted by molar-refractivity contribution is 0.0474. The number of nitrogens with zero attached hydrogens (tertiary/aromatic N) is 1. The molecule has 6 heteroatoms. The highest BCUT2D eigenvalue weighted by atomic mass is 16.5. The smallest absolute Gasteiger partial charge is 0.270 e. The van der Waals surface area contributed by atoms with Crippen LogP contribution < -0.4 is 5.56 Å². The van der Waals surface area contributed by atoms with E-state index >= 15 is 0 Å². The lowest BCUT2D eigenvalue weighted by Gasteiger charge is -2.28. The Morgan fingerprint density at radius 3 is 2.68 bits per heavy atom. The third kappa shape index (κ3) is 4.50. The van der Waals surface area contributed by atoms with Crippen molar-refractivity contribution in [3.8, 4) is 0 Å². The lowest BCUT2D eigenvalue weighted by atomic mass is 10.2. The van der Waals surface area contributed by atoms with Crippen LogP contribution >= 0.6 is 0 Å². The summed E-state index contributed by atoms with van der Waals surface area (Å²) in [5.74, 6) is -0.237. The van der Waals surface area contributed by atoms with E-state index in [-0.39, 0.29) is 23.2 Å². The maximum Gasteiger partial charge on any atom is 0.270 e. The normalized spacial score (nSPS) is 12.2. The van der Waals surface area contributed by atoms with Crippen LogP contribution in [0.4, 0.5) is 0 Å². The second kappa shape index (κ2) is 7.70. The standard InChI is InChI=1S/C13H20N2O4/c1-10(9-19-3)15(7-8-18-2)13(17)11-5-4-6-12(16)14-11/h4-6,10H,7-9H2,1-3H3,(H,14,16). The van der Waals surface area contributed by atoms with Crippen molar-refractivity contribution >= 4 is 5.91 Å². The summed E-state index contributed by atoms with van der Waals surface area (Å²) in [5, 5.41) is 0. The summed E-state index contributed by atoms with van der Waals surface area (Å²) in [6, 6.07) is 4.41. The molecule has 0 bridgehead atoms. The molecule has 1 unspecified atom stereocenters. The number of aromatic nitrogens is 1. The number of pyridine rings is 1. The molecular weight excluding hydrogens is 248 g/mol. The van der Waals surface area contributed by atoms with Crippen LogP contribution in [0.15, 0.2) is 23.0 Å². The van der Waals surface area contributed by atoms with Crippen LogP contribution in [-0.2, 0) is 9.47 Å². The minimum atomic E-state index is -0.295. The van der Waals surface area contributed by atoms with Gasteiger partial charge in [0.25, 0.3) is 5.91 Å². The van der Waals surface area contributed by atoms with Crippen LogP contribution in [0.3, 0.4) is 0 Å². The summed E-state index contributed by atoms with van der Waals surface area (Å²) in [7, 11) is 3.16. The first-order chi connectivity index (χ1) is 9.10. The Labute approximate surface area is 112 Å². The third-order valence-corrected chi connectivity index (χ3v) is 2.74. The molecule has 1 aromatic heterocycles. The van der Waals surface area contributed by atoms with E-state index in [1.807, 2.05) is 6.92 Å². The molecule has 1 amide bonds. The number of amides is 1. The van der Waals surface area contributed by atoms with Crippen molar-refractivity contribution in [3.63, 3.8) is 0 Å². The van der Waals surface area contributed by atoms with Gasteiger partial charge in [-0.3, -0.25) is 9.59 Å². The maximum absolute atomic E-state index is 12.4. The topological polar surface area (TPSA) is 71.6 Å². The van der Waals surface area contributed by atoms with Crippen molar-refractivity contribution in [2.24, 2.45) is 0 Å². The zero-order chi connectivity index (χ0) is 14.3. The fourth-order valence-corrected chi connectivity index (χ4v) is 1.77. The predicted molar refractivity (Wildman–Crippen MR) is 71.3 cm³/mol. The Morgan fingerprint density at radius 1 is 1.37 bits per heavy atom. The molecule has 106 valence electrons. The lowest BCUT2D eigenvalue weighted by Crippen LogP contribution is -2.43. The van der Waals surface area contributed by atoms with Gasteiger partial charge >= 0.3 is 0 Å². The second-order valence-corrected chi connectivity index (χ2v) is 4.22. The molecule has 1 N–H and O–H groups in total. The fraction of sp³-hybridized carbons (Fsp3) is 0.538. The molecule has 1 atom stereocenters. The average Bonchev–Trinajstić information content (AvgIpc) is 2.39. The van der Waals surface area contributed by atoms with Crippen molar-refractivity contribution in [2.75, 3.05) is 34.0 Å². The van der Waals surface area contributed by atoms with Crippen LogP contribution in [0.1, 0.15) is 17.4 Å². The molecule has 1 rings (SSSR count). The molecule has 6 nitrogen and oxygen atoms in total. The minimum Gasteiger partial charge on any atom is -0.383 e. The van der Waals surface area contributed by atoms with Crippen LogP contribution in [0.25, 0.3) is 0 Å². The number of hydrogen-bond acceptors (Lipinski definition) is 4. The van der Waals surface area contributed by atoms with Gasteiger partial charge in [-0.15, -0.1) is 0 Å². The van der Waals surface area contributed by atoms with Gasteiger partial charge in [0, 0.05) is 26.8 Å². The van der Waals surface area contributed by atoms with Crippen molar-refractivity contribution in [1.29, 1.82) is 0 Å². The Bertz CT molecular complexity index is 458. The van der Waals surface area contributed by atoms with Gasteiger partial charge in [0.2, 0.25) is 5.56 Å². The summed E-state index contributed by atoms with van der Waals surface area (Å²) in [6.07, 6.45) is 0. The monoisotopic (exact) mass is 268 g/mol. The fourth-order valence-electron chi connectivity index (χ4n) is 1.77. The van der Waals surface area contributed by atoms with E-state index < -0.39 is 0 Å². The molecule has 0 aliphatic heterocycles. The van der Waals surface area contributed by atoms with E-state index in [9.17, 15) is 9.59 Å². The minimum absolute atomic E-state index is 0.101. The number of H-pyrrole nitrogens is 1. The molecule has 0 saturated heterocycles. The molecule has 0 aliphatic rings. The molecule has 19 heavy (non-hydrogen) atoms. The largest absolute Gasteiger partial charge is 0.383 e. The van der Waals surface area contributed by atoms with E-state index in [0.717, 1.165) is 0 Å². The summed E-state index contributed by atoms with van der Waals surface area (Å²) >= 11 is 0. The summed E-state index contributed by atoms with van der Waals surface area (Å²) < 4.78 is 10.1. The molecule has 0 fully saturated rings. The van der Waals surface area contributed by atoms with Gasteiger partial charge in [-0.25, -0.2) is 0 Å². The maximum atomic E-state index is 12.4. The Morgan fingerprint density at radius 2 is 2.11 bits per heavy atom. The number of rotatable bonds is 7. The van der Waals surface area contributed by atoms with Gasteiger partial charge in [0.05, 0.1) is 19.3 Å². The van der Waals surface area contributed by atoms with Crippen LogP contribution in [-0.4, -0.2) is 55.8 Å². The molecule has 0 radical (unpaired) electrons. The average molecular weight is 268 g/mol. The molecule has 0 aliphatic carbocycles. The second-order valence-electron chi connectivity index (χ2n) is 4.22. The predicted octanol–water partition coefficient (Wildman–Crippen LogP) is 0.498. The van der Waals surface area contributed by atoms with Gasteiger partial charge in [-0.05, 0) is 13.0 Å². The molecule has 0 saturated carbocycles. The van der Waals surface area contributed by atoms with Crippen LogP contribution in [0.5, 0.6) is 0 Å². The first-order valence-corrected chi connectivity index (χ1v) is 6.08. The zero-order valence-electron chi connectivity index (χ0n) is 11.5. The Kier molecular flexibility index (Phi) is 6.24. The van der Waals surface area contributed by atoms with Crippen molar-refractivity contribution in [2.45, 2.75) is 13.0 Å². The number of carbonyl (C=O) groups excluding carboxylic acids is 1. The molecule has 0 aromatic carbocycles.